The van der Waals surface area contributed by atoms with Gasteiger partial charge in [0.15, 0.2) is 0 Å². The molecule has 13 heavy (non-hydrogen) atoms. The summed E-state index contributed by atoms with van der Waals surface area (Å²) in [6, 6.07) is 0. The number of aliphatic carboxylic acids is 1. The number of rotatable bonds is 4. The summed E-state index contributed by atoms with van der Waals surface area (Å²) in [6.45, 7) is 5.26. The van der Waals surface area contributed by atoms with E-state index in [0.717, 1.165) is 6.42 Å². The Morgan fingerprint density at radius 2 is 2.00 bits per heavy atom. The van der Waals surface area contributed by atoms with E-state index in [1.807, 2.05) is 6.92 Å². The summed E-state index contributed by atoms with van der Waals surface area (Å²) in [5.74, 6) is -0.182. The smallest absolute Gasteiger partial charge is 0.309 e. The molecule has 0 bridgehead atoms. The fourth-order valence-corrected chi connectivity index (χ4v) is 2.10. The van der Waals surface area contributed by atoms with Gasteiger partial charge in [0.2, 0.25) is 0 Å². The highest BCUT2D eigenvalue weighted by Gasteiger charge is 2.63. The molecule has 0 unspecified atom stereocenters. The summed E-state index contributed by atoms with van der Waals surface area (Å²) in [5.41, 5.74) is -0.574. The van der Waals surface area contributed by atoms with Crippen LogP contribution in [0.4, 0.5) is 0 Å². The van der Waals surface area contributed by atoms with E-state index in [0.29, 0.717) is 6.42 Å². The monoisotopic (exact) mass is 184 g/mol. The molecule has 0 aromatic rings. The lowest BCUT2D eigenvalue weighted by Gasteiger charge is -2.03. The molecular weight excluding hydrogens is 168 g/mol. The van der Waals surface area contributed by atoms with Crippen molar-refractivity contribution in [1.82, 2.24) is 0 Å². The van der Waals surface area contributed by atoms with Gasteiger partial charge in [-0.2, -0.15) is 0 Å². The second-order valence-corrected chi connectivity index (χ2v) is 4.22. The average molecular weight is 184 g/mol. The van der Waals surface area contributed by atoms with E-state index in [4.69, 9.17) is 5.11 Å². The van der Waals surface area contributed by atoms with Crippen molar-refractivity contribution in [1.29, 1.82) is 0 Å². The molecule has 1 aliphatic carbocycles. The molecule has 0 amide bonds. The van der Waals surface area contributed by atoms with Crippen molar-refractivity contribution in [2.24, 2.45) is 17.3 Å². The number of carbonyl (C=O) groups is 2. The molecule has 3 nitrogen and oxygen atoms in total. The van der Waals surface area contributed by atoms with Gasteiger partial charge in [0.05, 0.1) is 5.41 Å². The molecule has 0 heterocycles. The van der Waals surface area contributed by atoms with E-state index in [9.17, 15) is 9.59 Å². The van der Waals surface area contributed by atoms with Crippen molar-refractivity contribution in [3.8, 4) is 0 Å². The topological polar surface area (TPSA) is 54.4 Å². The van der Waals surface area contributed by atoms with E-state index >= 15 is 0 Å². The number of carboxylic acid groups (broad SMARTS) is 1. The molecular formula is C10H16O3. The van der Waals surface area contributed by atoms with Crippen LogP contribution in [0.3, 0.4) is 0 Å². The first-order valence-electron chi connectivity index (χ1n) is 4.63. The molecule has 0 aliphatic heterocycles. The zero-order valence-electron chi connectivity index (χ0n) is 8.33. The maximum atomic E-state index is 10.9. The number of ketones is 1. The summed E-state index contributed by atoms with van der Waals surface area (Å²) in [7, 11) is 0. The molecule has 1 N–H and O–H groups in total. The number of Topliss-reactive ketones (excluding diaryl/α,β-unsaturated/α-hetero) is 1. The quantitative estimate of drug-likeness (QED) is 0.723. The van der Waals surface area contributed by atoms with Gasteiger partial charge in [-0.1, -0.05) is 6.92 Å². The van der Waals surface area contributed by atoms with Crippen molar-refractivity contribution < 1.29 is 14.7 Å². The van der Waals surface area contributed by atoms with Crippen molar-refractivity contribution in [3.63, 3.8) is 0 Å². The molecule has 0 aromatic heterocycles. The van der Waals surface area contributed by atoms with Crippen molar-refractivity contribution in [2.75, 3.05) is 0 Å². The van der Waals surface area contributed by atoms with E-state index in [1.165, 1.54) is 0 Å². The predicted molar refractivity (Wildman–Crippen MR) is 48.3 cm³/mol. The van der Waals surface area contributed by atoms with Crippen molar-refractivity contribution >= 4 is 11.8 Å². The fourth-order valence-electron chi connectivity index (χ4n) is 2.10. The fraction of sp³-hybridized carbons (Fsp3) is 0.800. The maximum Gasteiger partial charge on any atom is 0.309 e. The second-order valence-electron chi connectivity index (χ2n) is 4.22. The van der Waals surface area contributed by atoms with Gasteiger partial charge < -0.3 is 9.90 Å². The lowest BCUT2D eigenvalue weighted by atomic mass is 10.0. The van der Waals surface area contributed by atoms with Gasteiger partial charge in [-0.3, -0.25) is 4.79 Å². The van der Waals surface area contributed by atoms with Crippen LogP contribution in [0.25, 0.3) is 0 Å². The van der Waals surface area contributed by atoms with Gasteiger partial charge in [-0.15, -0.1) is 0 Å². The first-order valence-corrected chi connectivity index (χ1v) is 4.63. The Morgan fingerprint density at radius 1 is 1.46 bits per heavy atom. The predicted octanol–water partition coefficient (Wildman–Crippen LogP) is 1.71. The number of hydrogen-bond donors (Lipinski definition) is 1. The van der Waals surface area contributed by atoms with E-state index in [-0.39, 0.29) is 17.6 Å². The van der Waals surface area contributed by atoms with Gasteiger partial charge >= 0.3 is 5.97 Å². The van der Waals surface area contributed by atoms with Gasteiger partial charge in [0.25, 0.3) is 0 Å². The molecule has 1 saturated carbocycles. The van der Waals surface area contributed by atoms with Crippen molar-refractivity contribution in [3.05, 3.63) is 0 Å². The lowest BCUT2D eigenvalue weighted by molar-refractivity contribution is -0.143. The highest BCUT2D eigenvalue weighted by molar-refractivity contribution is 5.79. The SMILES string of the molecule is CC(=O)CC[C@H]1[C@H](C)[C@]1(C)C(=O)O. The Morgan fingerprint density at radius 3 is 2.31 bits per heavy atom. The molecule has 1 aliphatic rings. The third kappa shape index (κ3) is 1.60. The molecule has 0 radical (unpaired) electrons. The largest absolute Gasteiger partial charge is 0.481 e. The first kappa shape index (κ1) is 10.2. The Bertz CT molecular complexity index is 247. The van der Waals surface area contributed by atoms with Gasteiger partial charge in [-0.05, 0) is 32.1 Å². The minimum atomic E-state index is -0.728. The Labute approximate surface area is 78.1 Å². The van der Waals surface area contributed by atoms with Crippen LogP contribution in [0.2, 0.25) is 0 Å². The minimum Gasteiger partial charge on any atom is -0.481 e. The summed E-state index contributed by atoms with van der Waals surface area (Å²) in [6.07, 6.45) is 1.23. The Hall–Kier alpha value is -0.860. The zero-order valence-corrected chi connectivity index (χ0v) is 8.33. The van der Waals surface area contributed by atoms with Gasteiger partial charge in [0, 0.05) is 6.42 Å². The standard InChI is InChI=1S/C10H16O3/c1-6(11)4-5-8-7(2)10(8,3)9(12)13/h7-8H,4-5H2,1-3H3,(H,12,13)/t7-,8-,10-/m0/s1. The molecule has 0 aromatic carbocycles. The third-order valence-corrected chi connectivity index (χ3v) is 3.48. The van der Waals surface area contributed by atoms with Crippen LogP contribution in [0.1, 0.15) is 33.6 Å². The molecule has 1 rings (SSSR count). The van der Waals surface area contributed by atoms with Crippen LogP contribution in [0, 0.1) is 17.3 Å². The number of carbonyl (C=O) groups excluding carboxylic acids is 1. The number of carboxylic acids is 1. The van der Waals surface area contributed by atoms with Crippen LogP contribution in [0.5, 0.6) is 0 Å². The summed E-state index contributed by atoms with van der Waals surface area (Å²) >= 11 is 0. The second kappa shape index (κ2) is 3.13. The van der Waals surface area contributed by atoms with Gasteiger partial charge in [-0.25, -0.2) is 0 Å². The highest BCUT2D eigenvalue weighted by Crippen LogP contribution is 2.60. The lowest BCUT2D eigenvalue weighted by Crippen LogP contribution is -2.14. The van der Waals surface area contributed by atoms with E-state index < -0.39 is 11.4 Å². The summed E-state index contributed by atoms with van der Waals surface area (Å²) in [5, 5.41) is 8.93. The third-order valence-electron chi connectivity index (χ3n) is 3.48. The highest BCUT2D eigenvalue weighted by atomic mass is 16.4. The van der Waals surface area contributed by atoms with E-state index in [2.05, 4.69) is 0 Å². The van der Waals surface area contributed by atoms with Crippen LogP contribution >= 0.6 is 0 Å². The first-order chi connectivity index (χ1) is 5.90. The Kier molecular flexibility index (Phi) is 2.46. The number of hydrogen-bond acceptors (Lipinski definition) is 2. The molecule has 0 saturated heterocycles. The average Bonchev–Trinajstić information content (AvgIpc) is 2.53. The summed E-state index contributed by atoms with van der Waals surface area (Å²) < 4.78 is 0. The van der Waals surface area contributed by atoms with E-state index in [1.54, 1.807) is 13.8 Å². The normalized spacial score (nSPS) is 37.2. The zero-order chi connectivity index (χ0) is 10.2. The molecule has 74 valence electrons. The van der Waals surface area contributed by atoms with Crippen LogP contribution < -0.4 is 0 Å². The molecule has 3 atom stereocenters. The minimum absolute atomic E-state index is 0.145. The Balaban J connectivity index is 2.48. The molecule has 1 fully saturated rings. The van der Waals surface area contributed by atoms with Crippen LogP contribution in [-0.2, 0) is 9.59 Å². The molecule has 0 spiro atoms. The van der Waals surface area contributed by atoms with Crippen LogP contribution in [0.15, 0.2) is 0 Å². The van der Waals surface area contributed by atoms with Gasteiger partial charge in [0.1, 0.15) is 5.78 Å². The van der Waals surface area contributed by atoms with Crippen molar-refractivity contribution in [2.45, 2.75) is 33.6 Å². The van der Waals surface area contributed by atoms with Crippen LogP contribution in [-0.4, -0.2) is 16.9 Å². The summed E-state index contributed by atoms with van der Waals surface area (Å²) in [4.78, 5) is 21.6. The maximum absolute atomic E-state index is 10.9. The molecule has 3 heteroatoms.